The summed E-state index contributed by atoms with van der Waals surface area (Å²) in [5.41, 5.74) is 5.58. The first-order chi connectivity index (χ1) is 24.3. The molecule has 1 heterocycles. The van der Waals surface area contributed by atoms with E-state index < -0.39 is 17.1 Å². The summed E-state index contributed by atoms with van der Waals surface area (Å²) in [6, 6.07) is 44.7. The van der Waals surface area contributed by atoms with Crippen LogP contribution in [0.1, 0.15) is 38.1 Å². The number of nitrogens with one attached hydrogen (secondary N) is 3. The summed E-state index contributed by atoms with van der Waals surface area (Å²) in [6.45, 7) is 3.97. The molecule has 8 heteroatoms. The number of carbonyl (C=O) groups is 3. The van der Waals surface area contributed by atoms with Gasteiger partial charge in [0.1, 0.15) is 22.5 Å². The Morgan fingerprint density at radius 1 is 0.680 bits per heavy atom. The summed E-state index contributed by atoms with van der Waals surface area (Å²) in [4.78, 5) is 41.2. The van der Waals surface area contributed by atoms with Gasteiger partial charge in [-0.15, -0.1) is 11.8 Å². The average Bonchev–Trinajstić information content (AvgIpc) is 3.61. The fourth-order valence-corrected chi connectivity index (χ4v) is 6.18. The molecule has 0 aliphatic rings. The smallest absolute Gasteiger partial charge is 0.272 e. The van der Waals surface area contributed by atoms with E-state index in [4.69, 9.17) is 4.42 Å². The number of benzene rings is 5. The van der Waals surface area contributed by atoms with Crippen LogP contribution in [0.2, 0.25) is 0 Å². The van der Waals surface area contributed by atoms with E-state index in [9.17, 15) is 14.4 Å². The molecular formula is C42H35N3O4S. The van der Waals surface area contributed by atoms with Gasteiger partial charge in [0.05, 0.1) is 0 Å². The zero-order chi connectivity index (χ0) is 34.9. The Balaban J connectivity index is 1.20. The third kappa shape index (κ3) is 8.66. The Labute approximate surface area is 295 Å². The lowest BCUT2D eigenvalue weighted by atomic mass is 10.1. The maximum Gasteiger partial charge on any atom is 0.272 e. The summed E-state index contributed by atoms with van der Waals surface area (Å²) in [6.07, 6.45) is 1.51. The first-order valence-corrected chi connectivity index (χ1v) is 16.9. The van der Waals surface area contributed by atoms with E-state index in [1.807, 2.05) is 117 Å². The maximum atomic E-state index is 13.6. The molecule has 248 valence electrons. The second-order valence-corrected chi connectivity index (χ2v) is 12.8. The number of para-hydroxylation sites is 1. The molecule has 5 aromatic carbocycles. The van der Waals surface area contributed by atoms with Crippen LogP contribution >= 0.6 is 11.8 Å². The Morgan fingerprint density at radius 3 is 2.04 bits per heavy atom. The summed E-state index contributed by atoms with van der Waals surface area (Å²) in [5.74, 6) is -0.0513. The van der Waals surface area contributed by atoms with Gasteiger partial charge in [-0.2, -0.15) is 0 Å². The van der Waals surface area contributed by atoms with E-state index >= 15 is 0 Å². The minimum Gasteiger partial charge on any atom is -0.457 e. The lowest BCUT2D eigenvalue weighted by Gasteiger charge is -2.18. The van der Waals surface area contributed by atoms with Crippen molar-refractivity contribution in [1.82, 2.24) is 5.32 Å². The second-order valence-electron chi connectivity index (χ2n) is 11.6. The molecular weight excluding hydrogens is 643 g/mol. The molecule has 3 amide bonds. The van der Waals surface area contributed by atoms with Crippen LogP contribution in [0.15, 0.2) is 161 Å². The van der Waals surface area contributed by atoms with Crippen molar-refractivity contribution in [3.63, 3.8) is 0 Å². The van der Waals surface area contributed by atoms with Crippen LogP contribution in [0.25, 0.3) is 17.4 Å². The number of aryl methyl sites for hydroxylation is 2. The van der Waals surface area contributed by atoms with Gasteiger partial charge >= 0.3 is 0 Å². The molecule has 0 spiro atoms. The molecule has 0 unspecified atom stereocenters. The molecule has 0 saturated carbocycles. The fraction of sp³-hybridized carbons (Fsp3) is 0.0714. The monoisotopic (exact) mass is 677 g/mol. The van der Waals surface area contributed by atoms with E-state index in [1.165, 1.54) is 17.8 Å². The molecule has 1 aromatic heterocycles. The van der Waals surface area contributed by atoms with Crippen LogP contribution in [0.3, 0.4) is 0 Å². The summed E-state index contributed by atoms with van der Waals surface area (Å²) >= 11 is 1.41. The molecule has 6 rings (SSSR count). The predicted molar refractivity (Wildman–Crippen MR) is 201 cm³/mol. The zero-order valence-corrected chi connectivity index (χ0v) is 28.4. The molecule has 0 aliphatic carbocycles. The number of hydrogen-bond donors (Lipinski definition) is 3. The molecule has 3 N–H and O–H groups in total. The molecule has 6 aromatic rings. The summed E-state index contributed by atoms with van der Waals surface area (Å²) in [5, 5.41) is 8.19. The maximum absolute atomic E-state index is 13.6. The number of hydrogen-bond acceptors (Lipinski definition) is 5. The van der Waals surface area contributed by atoms with Crippen LogP contribution in [-0.4, -0.2) is 17.7 Å². The van der Waals surface area contributed by atoms with Crippen molar-refractivity contribution in [2.24, 2.45) is 0 Å². The normalized spacial score (nSPS) is 11.8. The molecule has 0 fully saturated rings. The molecule has 0 bridgehead atoms. The van der Waals surface area contributed by atoms with Crippen molar-refractivity contribution in [2.75, 3.05) is 10.6 Å². The topological polar surface area (TPSA) is 100 Å². The molecule has 50 heavy (non-hydrogen) atoms. The Hall–Kier alpha value is -6.12. The zero-order valence-electron chi connectivity index (χ0n) is 27.6. The Bertz CT molecular complexity index is 2120. The van der Waals surface area contributed by atoms with Gasteiger partial charge in [0.15, 0.2) is 0 Å². The molecule has 0 saturated heterocycles. The van der Waals surface area contributed by atoms with Crippen molar-refractivity contribution in [3.8, 4) is 11.3 Å². The second kappa shape index (κ2) is 15.9. The highest BCUT2D eigenvalue weighted by Gasteiger charge is 2.23. The Kier molecular flexibility index (Phi) is 10.7. The first-order valence-electron chi connectivity index (χ1n) is 16.1. The van der Waals surface area contributed by atoms with Crippen molar-refractivity contribution in [3.05, 3.63) is 179 Å². The summed E-state index contributed by atoms with van der Waals surface area (Å²) < 4.78 is 6.04. The van der Waals surface area contributed by atoms with E-state index in [1.54, 1.807) is 42.5 Å². The summed E-state index contributed by atoms with van der Waals surface area (Å²) in [7, 11) is 0. The highest BCUT2D eigenvalue weighted by molar-refractivity contribution is 8.00. The predicted octanol–water partition coefficient (Wildman–Crippen LogP) is 9.45. The largest absolute Gasteiger partial charge is 0.457 e. The number of rotatable bonds is 11. The van der Waals surface area contributed by atoms with Gasteiger partial charge in [-0.3, -0.25) is 14.4 Å². The van der Waals surface area contributed by atoms with E-state index in [-0.39, 0.29) is 11.6 Å². The number of furan rings is 1. The SMILES string of the molecule is Cc1ccc(-c2ccc(/C=C(\NC(=O)c3ccccc3)C(=O)Nc3ccc(S[C@@H](C(=O)Nc4ccccc4C)c4ccccc4)cc3)o2)cc1. The van der Waals surface area contributed by atoms with Gasteiger partial charge in [0.25, 0.3) is 11.8 Å². The van der Waals surface area contributed by atoms with E-state index in [2.05, 4.69) is 16.0 Å². The van der Waals surface area contributed by atoms with Gasteiger partial charge in [-0.25, -0.2) is 0 Å². The highest BCUT2D eigenvalue weighted by atomic mass is 32.2. The standard InChI is InChI=1S/C42H35N3O4S/c1-28-17-19-30(20-18-28)38-26-23-34(49-38)27-37(45-40(46)32-14-7-4-8-15-32)41(47)43-33-21-24-35(25-22-33)50-39(31-12-5-3-6-13-31)42(48)44-36-16-10-9-11-29(36)2/h3-27,39H,1-2H3,(H,43,47)(H,44,48)(H,45,46)/b37-27-/t39-/m1/s1. The third-order valence-corrected chi connectivity index (χ3v) is 9.15. The van der Waals surface area contributed by atoms with Crippen LogP contribution in [-0.2, 0) is 9.59 Å². The van der Waals surface area contributed by atoms with Crippen molar-refractivity contribution >= 4 is 46.9 Å². The van der Waals surface area contributed by atoms with Gasteiger partial charge in [-0.1, -0.05) is 96.6 Å². The van der Waals surface area contributed by atoms with Crippen LogP contribution < -0.4 is 16.0 Å². The minimum atomic E-state index is -0.525. The molecule has 7 nitrogen and oxygen atoms in total. The van der Waals surface area contributed by atoms with Crippen LogP contribution in [0.5, 0.6) is 0 Å². The van der Waals surface area contributed by atoms with Crippen molar-refractivity contribution in [1.29, 1.82) is 0 Å². The van der Waals surface area contributed by atoms with E-state index in [0.717, 1.165) is 32.8 Å². The average molecular weight is 678 g/mol. The number of anilines is 2. The van der Waals surface area contributed by atoms with Crippen LogP contribution in [0.4, 0.5) is 11.4 Å². The quantitative estimate of drug-likeness (QED) is 0.0937. The van der Waals surface area contributed by atoms with Crippen LogP contribution in [0, 0.1) is 13.8 Å². The van der Waals surface area contributed by atoms with Gasteiger partial charge in [0, 0.05) is 33.5 Å². The van der Waals surface area contributed by atoms with Crippen molar-refractivity contribution < 1.29 is 18.8 Å². The van der Waals surface area contributed by atoms with E-state index in [0.29, 0.717) is 22.8 Å². The minimum absolute atomic E-state index is 0.0131. The van der Waals surface area contributed by atoms with Gasteiger partial charge < -0.3 is 20.4 Å². The van der Waals surface area contributed by atoms with Gasteiger partial charge in [0.2, 0.25) is 5.91 Å². The number of amides is 3. The highest BCUT2D eigenvalue weighted by Crippen LogP contribution is 2.37. The van der Waals surface area contributed by atoms with Gasteiger partial charge in [-0.05, 0) is 79.6 Å². The third-order valence-electron chi connectivity index (χ3n) is 7.89. The molecule has 1 atom stereocenters. The number of carbonyl (C=O) groups excluding carboxylic acids is 3. The first kappa shape index (κ1) is 33.8. The molecule has 0 aliphatic heterocycles. The fourth-order valence-electron chi connectivity index (χ4n) is 5.15. The Morgan fingerprint density at radius 2 is 1.34 bits per heavy atom. The lowest BCUT2D eigenvalue weighted by molar-refractivity contribution is -0.116. The van der Waals surface area contributed by atoms with Crippen molar-refractivity contribution in [2.45, 2.75) is 24.0 Å². The lowest BCUT2D eigenvalue weighted by Crippen LogP contribution is -2.30. The molecule has 0 radical (unpaired) electrons. The number of thioether (sulfide) groups is 1.